The van der Waals surface area contributed by atoms with Gasteiger partial charge in [0.2, 0.25) is 0 Å². The lowest BCUT2D eigenvalue weighted by Gasteiger charge is -2.13. The predicted octanol–water partition coefficient (Wildman–Crippen LogP) is 4.51. The van der Waals surface area contributed by atoms with Crippen LogP contribution in [0.2, 0.25) is 0 Å². The van der Waals surface area contributed by atoms with Gasteiger partial charge in [0.1, 0.15) is 5.38 Å². The van der Waals surface area contributed by atoms with Gasteiger partial charge in [-0.15, -0.1) is 11.6 Å². The Kier molecular flexibility index (Phi) is 3.11. The summed E-state index contributed by atoms with van der Waals surface area (Å²) in [6.45, 7) is 0. The summed E-state index contributed by atoms with van der Waals surface area (Å²) in [5.74, 6) is 1.25. The quantitative estimate of drug-likeness (QED) is 0.762. The second kappa shape index (κ2) is 4.99. The fourth-order valence-electron chi connectivity index (χ4n) is 3.91. The van der Waals surface area contributed by atoms with Crippen LogP contribution in [-0.2, 0) is 11.2 Å². The van der Waals surface area contributed by atoms with Gasteiger partial charge in [0.05, 0.1) is 0 Å². The summed E-state index contributed by atoms with van der Waals surface area (Å²) in [7, 11) is 0. The third-order valence-electron chi connectivity index (χ3n) is 5.00. The lowest BCUT2D eigenvalue weighted by atomic mass is 9.92. The first-order valence-corrected chi connectivity index (χ1v) is 8.01. The standard InChI is InChI=1S/C19H17ClO/c20-18(13-7-2-1-3-8-13)19(21)17-15-11-10-12-6-4-5-9-14(12)16(15)17/h1-9,15-18H,10-11H2. The van der Waals surface area contributed by atoms with Crippen molar-refractivity contribution in [1.82, 2.24) is 0 Å². The Labute approximate surface area is 129 Å². The number of rotatable bonds is 3. The monoisotopic (exact) mass is 296 g/mol. The molecule has 0 radical (unpaired) electrons. The maximum atomic E-state index is 12.7. The molecule has 1 fully saturated rings. The van der Waals surface area contributed by atoms with Crippen molar-refractivity contribution < 1.29 is 4.79 Å². The van der Waals surface area contributed by atoms with Gasteiger partial charge < -0.3 is 0 Å². The van der Waals surface area contributed by atoms with E-state index in [2.05, 4.69) is 24.3 Å². The summed E-state index contributed by atoms with van der Waals surface area (Å²) in [6, 6.07) is 18.3. The lowest BCUT2D eigenvalue weighted by molar-refractivity contribution is -0.120. The first-order valence-electron chi connectivity index (χ1n) is 7.58. The van der Waals surface area contributed by atoms with E-state index in [1.807, 2.05) is 30.3 Å². The normalized spacial score (nSPS) is 27.4. The van der Waals surface area contributed by atoms with Gasteiger partial charge in [0.15, 0.2) is 5.78 Å². The zero-order valence-electron chi connectivity index (χ0n) is 11.7. The van der Waals surface area contributed by atoms with Crippen molar-refractivity contribution in [3.8, 4) is 0 Å². The van der Waals surface area contributed by atoms with Crippen molar-refractivity contribution >= 4 is 17.4 Å². The maximum absolute atomic E-state index is 12.7. The topological polar surface area (TPSA) is 17.1 Å². The number of alkyl halides is 1. The Morgan fingerprint density at radius 2 is 1.76 bits per heavy atom. The minimum absolute atomic E-state index is 0.122. The number of Topliss-reactive ketones (excluding diaryl/α,β-unsaturated/α-hetero) is 1. The molecule has 1 nitrogen and oxygen atoms in total. The summed E-state index contributed by atoms with van der Waals surface area (Å²) >= 11 is 6.43. The summed E-state index contributed by atoms with van der Waals surface area (Å²) in [5.41, 5.74) is 3.71. The molecule has 0 spiro atoms. The molecule has 2 aromatic carbocycles. The molecule has 21 heavy (non-hydrogen) atoms. The molecule has 0 bridgehead atoms. The average Bonchev–Trinajstić information content (AvgIpc) is 3.29. The van der Waals surface area contributed by atoms with Gasteiger partial charge in [-0.25, -0.2) is 0 Å². The highest BCUT2D eigenvalue weighted by molar-refractivity contribution is 6.31. The van der Waals surface area contributed by atoms with Gasteiger partial charge >= 0.3 is 0 Å². The molecule has 0 N–H and O–H groups in total. The number of hydrogen-bond acceptors (Lipinski definition) is 1. The Hall–Kier alpha value is -1.60. The van der Waals surface area contributed by atoms with Crippen molar-refractivity contribution in [1.29, 1.82) is 0 Å². The molecule has 106 valence electrons. The van der Waals surface area contributed by atoms with Crippen LogP contribution in [0.1, 0.15) is 34.4 Å². The first-order chi connectivity index (χ1) is 10.3. The zero-order valence-corrected chi connectivity index (χ0v) is 12.5. The van der Waals surface area contributed by atoms with E-state index < -0.39 is 5.38 Å². The van der Waals surface area contributed by atoms with Crippen molar-refractivity contribution in [3.05, 3.63) is 71.3 Å². The highest BCUT2D eigenvalue weighted by atomic mass is 35.5. The van der Waals surface area contributed by atoms with Gasteiger partial charge in [-0.05, 0) is 41.4 Å². The fraction of sp³-hybridized carbons (Fsp3) is 0.316. The van der Waals surface area contributed by atoms with Gasteiger partial charge in [-0.1, -0.05) is 54.6 Å². The molecule has 0 heterocycles. The molecule has 2 aliphatic carbocycles. The third-order valence-corrected chi connectivity index (χ3v) is 5.47. The molecule has 4 unspecified atom stereocenters. The Morgan fingerprint density at radius 3 is 2.57 bits per heavy atom. The molecule has 0 saturated heterocycles. The number of hydrogen-bond donors (Lipinski definition) is 0. The van der Waals surface area contributed by atoms with E-state index in [0.29, 0.717) is 11.8 Å². The molecule has 0 aliphatic heterocycles. The molecular weight excluding hydrogens is 280 g/mol. The molecular formula is C19H17ClO. The van der Waals surface area contributed by atoms with E-state index in [0.717, 1.165) is 18.4 Å². The maximum Gasteiger partial charge on any atom is 0.159 e. The van der Waals surface area contributed by atoms with E-state index in [-0.39, 0.29) is 11.7 Å². The second-order valence-corrected chi connectivity index (χ2v) is 6.56. The van der Waals surface area contributed by atoms with Crippen LogP contribution < -0.4 is 0 Å². The van der Waals surface area contributed by atoms with Crippen LogP contribution in [0, 0.1) is 11.8 Å². The fourth-order valence-corrected chi connectivity index (χ4v) is 4.20. The summed E-state index contributed by atoms with van der Waals surface area (Å²) in [4.78, 5) is 12.7. The van der Waals surface area contributed by atoms with E-state index >= 15 is 0 Å². The second-order valence-electron chi connectivity index (χ2n) is 6.13. The highest BCUT2D eigenvalue weighted by Gasteiger charge is 2.57. The number of carbonyl (C=O) groups excluding carboxylic acids is 1. The van der Waals surface area contributed by atoms with Gasteiger partial charge in [0, 0.05) is 5.92 Å². The van der Waals surface area contributed by atoms with Crippen molar-refractivity contribution in [2.24, 2.45) is 11.8 Å². The van der Waals surface area contributed by atoms with E-state index in [9.17, 15) is 4.79 Å². The van der Waals surface area contributed by atoms with E-state index in [1.54, 1.807) is 0 Å². The minimum Gasteiger partial charge on any atom is -0.297 e. The molecule has 0 aromatic heterocycles. The largest absolute Gasteiger partial charge is 0.297 e. The van der Waals surface area contributed by atoms with Crippen molar-refractivity contribution in [2.45, 2.75) is 24.1 Å². The Morgan fingerprint density at radius 1 is 1.05 bits per heavy atom. The van der Waals surface area contributed by atoms with Crippen LogP contribution in [0.25, 0.3) is 0 Å². The summed E-state index contributed by atoms with van der Waals surface area (Å²) < 4.78 is 0. The van der Waals surface area contributed by atoms with Gasteiger partial charge in [0.25, 0.3) is 0 Å². The van der Waals surface area contributed by atoms with Crippen LogP contribution >= 0.6 is 11.6 Å². The van der Waals surface area contributed by atoms with Crippen LogP contribution in [0.15, 0.2) is 54.6 Å². The third kappa shape index (κ3) is 2.11. The predicted molar refractivity (Wildman–Crippen MR) is 84.5 cm³/mol. The molecule has 2 aromatic rings. The number of aryl methyl sites for hydroxylation is 1. The van der Waals surface area contributed by atoms with Crippen molar-refractivity contribution in [3.63, 3.8) is 0 Å². The molecule has 2 heteroatoms. The van der Waals surface area contributed by atoms with Crippen LogP contribution in [0.3, 0.4) is 0 Å². The zero-order chi connectivity index (χ0) is 14.4. The summed E-state index contributed by atoms with van der Waals surface area (Å²) in [5, 5.41) is -0.506. The first kappa shape index (κ1) is 13.1. The van der Waals surface area contributed by atoms with Gasteiger partial charge in [-0.2, -0.15) is 0 Å². The number of halogens is 1. The minimum atomic E-state index is -0.506. The van der Waals surface area contributed by atoms with Crippen molar-refractivity contribution in [2.75, 3.05) is 0 Å². The SMILES string of the molecule is O=C(C(Cl)c1ccccc1)C1C2CCc3ccccc3C21. The molecule has 4 rings (SSSR count). The number of fused-ring (bicyclic) bond motifs is 3. The summed E-state index contributed by atoms with van der Waals surface area (Å²) in [6.07, 6.45) is 2.22. The van der Waals surface area contributed by atoms with Crippen LogP contribution in [-0.4, -0.2) is 5.78 Å². The smallest absolute Gasteiger partial charge is 0.159 e. The Bertz CT molecular complexity index is 679. The van der Waals surface area contributed by atoms with E-state index in [1.165, 1.54) is 11.1 Å². The van der Waals surface area contributed by atoms with Crippen LogP contribution in [0.5, 0.6) is 0 Å². The van der Waals surface area contributed by atoms with Gasteiger partial charge in [-0.3, -0.25) is 4.79 Å². The Balaban J connectivity index is 1.58. The average molecular weight is 297 g/mol. The molecule has 1 saturated carbocycles. The highest BCUT2D eigenvalue weighted by Crippen LogP contribution is 2.61. The molecule has 4 atom stereocenters. The number of benzene rings is 2. The lowest BCUT2D eigenvalue weighted by Crippen LogP contribution is -2.10. The van der Waals surface area contributed by atoms with E-state index in [4.69, 9.17) is 11.6 Å². The number of ketones is 1. The molecule has 2 aliphatic rings. The molecule has 0 amide bonds. The number of carbonyl (C=O) groups is 1. The van der Waals surface area contributed by atoms with Crippen LogP contribution in [0.4, 0.5) is 0 Å².